The van der Waals surface area contributed by atoms with Crippen LogP contribution in [0, 0.1) is 5.92 Å². The Morgan fingerprint density at radius 1 is 1.29 bits per heavy atom. The Morgan fingerprint density at radius 3 is 2.59 bits per heavy atom. The van der Waals surface area contributed by atoms with Crippen molar-refractivity contribution in [2.75, 3.05) is 18.4 Å². The fourth-order valence-electron chi connectivity index (χ4n) is 1.91. The molecule has 1 N–H and O–H groups in total. The lowest BCUT2D eigenvalue weighted by molar-refractivity contribution is -0.120. The number of nitrogens with zero attached hydrogens (tertiary/aromatic N) is 1. The first-order valence-corrected chi connectivity index (χ1v) is 7.13. The lowest BCUT2D eigenvalue weighted by atomic mass is 9.97. The van der Waals surface area contributed by atoms with E-state index in [1.807, 2.05) is 24.3 Å². The molecule has 0 bridgehead atoms. The van der Waals surface area contributed by atoms with E-state index >= 15 is 0 Å². The summed E-state index contributed by atoms with van der Waals surface area (Å²) in [7, 11) is 0. The number of halogens is 2. The molecule has 0 radical (unpaired) electrons. The number of rotatable bonds is 2. The molecule has 3 nitrogen and oxygen atoms in total. The van der Waals surface area contributed by atoms with E-state index in [1.54, 1.807) is 0 Å². The van der Waals surface area contributed by atoms with Gasteiger partial charge in [0.25, 0.3) is 0 Å². The van der Waals surface area contributed by atoms with Crippen LogP contribution in [0.1, 0.15) is 12.8 Å². The van der Waals surface area contributed by atoms with Gasteiger partial charge in [-0.3, -0.25) is 4.79 Å². The minimum Gasteiger partial charge on any atom is -0.325 e. The zero-order valence-electron chi connectivity index (χ0n) is 9.33. The summed E-state index contributed by atoms with van der Waals surface area (Å²) < 4.78 is 3.00. The Morgan fingerprint density at radius 2 is 1.94 bits per heavy atom. The van der Waals surface area contributed by atoms with Crippen LogP contribution >= 0.6 is 32.1 Å². The van der Waals surface area contributed by atoms with Gasteiger partial charge in [0, 0.05) is 39.6 Å². The minimum absolute atomic E-state index is 0.121. The largest absolute Gasteiger partial charge is 0.325 e. The number of carbonyl (C=O) groups is 1. The molecule has 17 heavy (non-hydrogen) atoms. The van der Waals surface area contributed by atoms with E-state index in [0.717, 1.165) is 36.1 Å². The van der Waals surface area contributed by atoms with Crippen LogP contribution in [0.4, 0.5) is 5.69 Å². The summed E-state index contributed by atoms with van der Waals surface area (Å²) in [6.07, 6.45) is 1.81. The second-order valence-corrected chi connectivity index (χ2v) is 6.01. The number of benzene rings is 1. The summed E-state index contributed by atoms with van der Waals surface area (Å²) in [5.74, 6) is 0.244. The molecule has 1 amide bonds. The van der Waals surface area contributed by atoms with Crippen LogP contribution in [0.3, 0.4) is 0 Å². The highest BCUT2D eigenvalue weighted by molar-refractivity contribution is 9.10. The molecular formula is C12H14Br2N2O. The van der Waals surface area contributed by atoms with E-state index in [2.05, 4.69) is 41.3 Å². The van der Waals surface area contributed by atoms with Crippen LogP contribution in [-0.2, 0) is 4.79 Å². The third kappa shape index (κ3) is 3.53. The number of amides is 1. The van der Waals surface area contributed by atoms with Crippen LogP contribution in [0.15, 0.2) is 28.7 Å². The van der Waals surface area contributed by atoms with Crippen LogP contribution in [0.25, 0.3) is 0 Å². The van der Waals surface area contributed by atoms with Crippen molar-refractivity contribution in [1.82, 2.24) is 3.93 Å². The first kappa shape index (κ1) is 13.1. The Bertz CT molecular complexity index is 403. The first-order valence-electron chi connectivity index (χ1n) is 5.63. The molecule has 0 aliphatic carbocycles. The topological polar surface area (TPSA) is 32.3 Å². The van der Waals surface area contributed by atoms with Crippen molar-refractivity contribution in [3.63, 3.8) is 0 Å². The molecule has 1 heterocycles. The zero-order valence-corrected chi connectivity index (χ0v) is 12.5. The van der Waals surface area contributed by atoms with E-state index < -0.39 is 0 Å². The predicted octanol–water partition coefficient (Wildman–Crippen LogP) is 3.41. The molecule has 0 saturated carbocycles. The maximum absolute atomic E-state index is 12.1. The highest BCUT2D eigenvalue weighted by Gasteiger charge is 2.24. The van der Waals surface area contributed by atoms with Gasteiger partial charge in [0.05, 0.1) is 5.69 Å². The molecule has 92 valence electrons. The number of hydrogen-bond donors (Lipinski definition) is 1. The zero-order chi connectivity index (χ0) is 12.3. The van der Waals surface area contributed by atoms with Crippen molar-refractivity contribution in [1.29, 1.82) is 0 Å². The highest BCUT2D eigenvalue weighted by atomic mass is 79.9. The molecule has 1 aliphatic heterocycles. The molecule has 2 rings (SSSR count). The molecule has 1 aliphatic rings. The van der Waals surface area contributed by atoms with E-state index in [4.69, 9.17) is 0 Å². The van der Waals surface area contributed by atoms with Gasteiger partial charge < -0.3 is 5.32 Å². The van der Waals surface area contributed by atoms with Crippen LogP contribution < -0.4 is 5.32 Å². The van der Waals surface area contributed by atoms with Crippen molar-refractivity contribution in [3.8, 4) is 0 Å². The van der Waals surface area contributed by atoms with Gasteiger partial charge in [-0.2, -0.15) is 0 Å². The molecular weight excluding hydrogens is 348 g/mol. The number of hydrogen-bond acceptors (Lipinski definition) is 2. The quantitative estimate of drug-likeness (QED) is 0.818. The fourth-order valence-corrected chi connectivity index (χ4v) is 2.70. The van der Waals surface area contributed by atoms with E-state index in [9.17, 15) is 4.79 Å². The Balaban J connectivity index is 1.95. The van der Waals surface area contributed by atoms with Crippen molar-refractivity contribution in [2.45, 2.75) is 12.8 Å². The maximum Gasteiger partial charge on any atom is 0.227 e. The third-order valence-corrected chi connectivity index (χ3v) is 4.34. The molecule has 0 aromatic heterocycles. The predicted molar refractivity (Wildman–Crippen MR) is 76.0 cm³/mol. The van der Waals surface area contributed by atoms with Gasteiger partial charge in [-0.15, -0.1) is 0 Å². The Labute approximate surface area is 118 Å². The van der Waals surface area contributed by atoms with Gasteiger partial charge in [0.1, 0.15) is 0 Å². The summed E-state index contributed by atoms with van der Waals surface area (Å²) in [5.41, 5.74) is 0.846. The van der Waals surface area contributed by atoms with Crippen molar-refractivity contribution in [3.05, 3.63) is 28.7 Å². The average Bonchev–Trinajstić information content (AvgIpc) is 2.33. The van der Waals surface area contributed by atoms with Gasteiger partial charge in [0.15, 0.2) is 0 Å². The molecule has 0 unspecified atom stereocenters. The third-order valence-electron chi connectivity index (χ3n) is 2.94. The van der Waals surface area contributed by atoms with Gasteiger partial charge >= 0.3 is 0 Å². The standard InChI is InChI=1S/C12H14Br2N2O/c13-10-3-1-2-4-11(10)15-12(17)9-5-7-16(14)8-6-9/h1-4,9H,5-8H2,(H,15,17). The van der Waals surface area contributed by atoms with Crippen LogP contribution in [-0.4, -0.2) is 22.9 Å². The van der Waals surface area contributed by atoms with Gasteiger partial charge in [-0.25, -0.2) is 3.93 Å². The summed E-state index contributed by atoms with van der Waals surface area (Å²) in [6, 6.07) is 7.68. The smallest absolute Gasteiger partial charge is 0.227 e. The van der Waals surface area contributed by atoms with Crippen LogP contribution in [0.2, 0.25) is 0 Å². The van der Waals surface area contributed by atoms with Gasteiger partial charge in [-0.1, -0.05) is 12.1 Å². The molecule has 0 atom stereocenters. The molecule has 5 heteroatoms. The molecule has 1 aromatic carbocycles. The number of para-hydroxylation sites is 1. The Kier molecular flexibility index (Phi) is 4.59. The number of anilines is 1. The molecule has 1 saturated heterocycles. The van der Waals surface area contributed by atoms with E-state index in [-0.39, 0.29) is 11.8 Å². The SMILES string of the molecule is O=C(Nc1ccccc1Br)C1CCN(Br)CC1. The van der Waals surface area contributed by atoms with Crippen molar-refractivity contribution < 1.29 is 4.79 Å². The lowest BCUT2D eigenvalue weighted by Crippen LogP contribution is -2.33. The average molecular weight is 362 g/mol. The Hall–Kier alpha value is -0.390. The summed E-state index contributed by atoms with van der Waals surface area (Å²) >= 11 is 6.87. The van der Waals surface area contributed by atoms with Crippen LogP contribution in [0.5, 0.6) is 0 Å². The second-order valence-electron chi connectivity index (χ2n) is 4.15. The number of carbonyl (C=O) groups excluding carboxylic acids is 1. The van der Waals surface area contributed by atoms with E-state index in [1.165, 1.54) is 0 Å². The highest BCUT2D eigenvalue weighted by Crippen LogP contribution is 2.24. The maximum atomic E-state index is 12.1. The normalized spacial score (nSPS) is 18.0. The number of piperidine rings is 1. The summed E-state index contributed by atoms with van der Waals surface area (Å²) in [6.45, 7) is 1.85. The minimum atomic E-state index is 0.121. The summed E-state index contributed by atoms with van der Waals surface area (Å²) in [5, 5.41) is 2.98. The summed E-state index contributed by atoms with van der Waals surface area (Å²) in [4.78, 5) is 12.1. The molecule has 0 spiro atoms. The van der Waals surface area contributed by atoms with Crippen molar-refractivity contribution in [2.24, 2.45) is 5.92 Å². The van der Waals surface area contributed by atoms with Crippen molar-refractivity contribution >= 4 is 43.7 Å². The first-order chi connectivity index (χ1) is 8.16. The molecule has 1 aromatic rings. The fraction of sp³-hybridized carbons (Fsp3) is 0.417. The van der Waals surface area contributed by atoms with E-state index in [0.29, 0.717) is 0 Å². The van der Waals surface area contributed by atoms with Gasteiger partial charge in [0.2, 0.25) is 5.91 Å². The molecule has 1 fully saturated rings. The number of nitrogens with one attached hydrogen (secondary N) is 1. The lowest BCUT2D eigenvalue weighted by Gasteiger charge is -2.26. The monoisotopic (exact) mass is 360 g/mol. The van der Waals surface area contributed by atoms with Gasteiger partial charge in [-0.05, 0) is 40.9 Å². The second kappa shape index (κ2) is 5.98.